The van der Waals surface area contributed by atoms with Gasteiger partial charge in [-0.3, -0.25) is 4.79 Å². The Kier molecular flexibility index (Phi) is 6.52. The lowest BCUT2D eigenvalue weighted by molar-refractivity contribution is -0.142. The number of hydrogen-bond donors (Lipinski definition) is 4. The smallest absolute Gasteiger partial charge is 0.323 e. The van der Waals surface area contributed by atoms with Crippen molar-refractivity contribution in [2.75, 3.05) is 13.1 Å². The second kappa shape index (κ2) is 7.08. The van der Waals surface area contributed by atoms with Crippen LogP contribution in [-0.4, -0.2) is 35.9 Å². The van der Waals surface area contributed by atoms with Gasteiger partial charge in [-0.2, -0.15) is 0 Å². The Morgan fingerprint density at radius 2 is 2.25 bits per heavy atom. The third-order valence-corrected chi connectivity index (χ3v) is 2.09. The predicted molar refractivity (Wildman–Crippen MR) is 60.3 cm³/mol. The number of hydrogen-bond acceptors (Lipinski definition) is 4. The number of carboxylic acids is 1. The van der Waals surface area contributed by atoms with E-state index in [-0.39, 0.29) is 12.8 Å². The molecule has 0 fully saturated rings. The fraction of sp³-hybridized carbons (Fsp3) is 0.600. The number of allylic oxidation sites excluding steroid dienone is 1. The van der Waals surface area contributed by atoms with Crippen LogP contribution in [0.3, 0.4) is 0 Å². The minimum Gasteiger partial charge on any atom is -0.480 e. The van der Waals surface area contributed by atoms with Crippen molar-refractivity contribution in [1.29, 1.82) is 5.41 Å². The van der Waals surface area contributed by atoms with Crippen molar-refractivity contribution in [3.05, 3.63) is 11.9 Å². The standard InChI is InChI=1S/C10H18FN3O2/c1-10(13,9(15)16)4-2-8(11)3-6-14-7-5-12/h3,5,12,14H,2,4,6-7,13H2,1H3,(H,15,16)/b8-3+,12-5?. The Morgan fingerprint density at radius 3 is 2.75 bits per heavy atom. The number of halogens is 1. The van der Waals surface area contributed by atoms with Crippen LogP contribution in [0.5, 0.6) is 0 Å². The average Bonchev–Trinajstić information content (AvgIpc) is 2.21. The summed E-state index contributed by atoms with van der Waals surface area (Å²) in [6, 6.07) is 0. The maximum absolute atomic E-state index is 13.1. The molecule has 1 unspecified atom stereocenters. The van der Waals surface area contributed by atoms with Gasteiger partial charge in [0, 0.05) is 25.7 Å². The first-order valence-corrected chi connectivity index (χ1v) is 4.96. The van der Waals surface area contributed by atoms with Crippen molar-refractivity contribution in [2.24, 2.45) is 5.73 Å². The lowest BCUT2D eigenvalue weighted by atomic mass is 9.97. The zero-order chi connectivity index (χ0) is 12.6. The van der Waals surface area contributed by atoms with E-state index in [0.29, 0.717) is 13.1 Å². The minimum absolute atomic E-state index is 0.00553. The zero-order valence-electron chi connectivity index (χ0n) is 9.29. The van der Waals surface area contributed by atoms with Gasteiger partial charge < -0.3 is 21.6 Å². The third-order valence-electron chi connectivity index (χ3n) is 2.09. The number of carboxylic acid groups (broad SMARTS) is 1. The summed E-state index contributed by atoms with van der Waals surface area (Å²) in [5.74, 6) is -1.53. The molecule has 0 aromatic carbocycles. The first-order chi connectivity index (χ1) is 7.40. The fourth-order valence-electron chi connectivity index (χ4n) is 0.926. The normalized spacial score (nSPS) is 15.6. The van der Waals surface area contributed by atoms with Gasteiger partial charge >= 0.3 is 5.97 Å². The van der Waals surface area contributed by atoms with E-state index in [4.69, 9.17) is 16.2 Å². The molecule has 0 saturated carbocycles. The van der Waals surface area contributed by atoms with Gasteiger partial charge in [-0.05, 0) is 19.4 Å². The molecule has 0 radical (unpaired) electrons. The van der Waals surface area contributed by atoms with E-state index >= 15 is 0 Å². The van der Waals surface area contributed by atoms with Crippen LogP contribution in [0.25, 0.3) is 0 Å². The van der Waals surface area contributed by atoms with Crippen molar-refractivity contribution >= 4 is 12.2 Å². The van der Waals surface area contributed by atoms with E-state index in [0.717, 1.165) is 0 Å². The number of rotatable bonds is 8. The molecule has 16 heavy (non-hydrogen) atoms. The molecule has 1 atom stereocenters. The Morgan fingerprint density at radius 1 is 1.62 bits per heavy atom. The third kappa shape index (κ3) is 6.26. The second-order valence-corrected chi connectivity index (χ2v) is 3.74. The van der Waals surface area contributed by atoms with Crippen LogP contribution in [0.4, 0.5) is 4.39 Å². The number of nitrogens with two attached hydrogens (primary N) is 1. The maximum Gasteiger partial charge on any atom is 0.323 e. The zero-order valence-corrected chi connectivity index (χ0v) is 9.29. The van der Waals surface area contributed by atoms with E-state index in [1.54, 1.807) is 0 Å². The molecule has 6 heteroatoms. The van der Waals surface area contributed by atoms with Gasteiger partial charge in [-0.25, -0.2) is 4.39 Å². The first kappa shape index (κ1) is 14.7. The summed E-state index contributed by atoms with van der Waals surface area (Å²) in [5.41, 5.74) is 4.05. The summed E-state index contributed by atoms with van der Waals surface area (Å²) in [6.07, 6.45) is 2.55. The van der Waals surface area contributed by atoms with Gasteiger partial charge in [0.1, 0.15) is 5.54 Å². The van der Waals surface area contributed by atoms with E-state index in [2.05, 4.69) is 5.32 Å². The molecule has 0 saturated heterocycles. The van der Waals surface area contributed by atoms with Crippen molar-refractivity contribution in [2.45, 2.75) is 25.3 Å². The Hall–Kier alpha value is -1.27. The van der Waals surface area contributed by atoms with Crippen LogP contribution in [0, 0.1) is 5.41 Å². The van der Waals surface area contributed by atoms with Crippen LogP contribution in [0.2, 0.25) is 0 Å². The minimum atomic E-state index is -1.40. The summed E-state index contributed by atoms with van der Waals surface area (Å²) in [5, 5.41) is 18.2. The molecule has 0 bridgehead atoms. The highest BCUT2D eigenvalue weighted by molar-refractivity contribution is 5.77. The quantitative estimate of drug-likeness (QED) is 0.364. The molecule has 0 amide bonds. The number of nitrogens with one attached hydrogen (secondary N) is 2. The monoisotopic (exact) mass is 231 g/mol. The Balaban J connectivity index is 3.92. The van der Waals surface area contributed by atoms with Crippen molar-refractivity contribution < 1.29 is 14.3 Å². The Bertz CT molecular complexity index is 277. The highest BCUT2D eigenvalue weighted by Gasteiger charge is 2.27. The molecule has 0 heterocycles. The summed E-state index contributed by atoms with van der Waals surface area (Å²) in [7, 11) is 0. The predicted octanol–water partition coefficient (Wildman–Crippen LogP) is 0.661. The molecule has 0 rings (SSSR count). The van der Waals surface area contributed by atoms with E-state index in [1.807, 2.05) is 0 Å². The van der Waals surface area contributed by atoms with Gasteiger partial charge in [0.2, 0.25) is 0 Å². The van der Waals surface area contributed by atoms with Gasteiger partial charge in [-0.15, -0.1) is 0 Å². The van der Waals surface area contributed by atoms with E-state index < -0.39 is 17.3 Å². The lowest BCUT2D eigenvalue weighted by Crippen LogP contribution is -2.44. The SMILES string of the molecule is CC(N)(CC/C(F)=C\CNCC=N)C(=O)O. The molecule has 0 aliphatic rings. The number of carbonyl (C=O) groups is 1. The van der Waals surface area contributed by atoms with Gasteiger partial charge in [-0.1, -0.05) is 0 Å². The first-order valence-electron chi connectivity index (χ1n) is 4.96. The molecule has 92 valence electrons. The highest BCUT2D eigenvalue weighted by Crippen LogP contribution is 2.14. The number of aliphatic carboxylic acids is 1. The molecule has 0 aliphatic carbocycles. The van der Waals surface area contributed by atoms with Crippen molar-refractivity contribution in [3.63, 3.8) is 0 Å². The molecule has 5 N–H and O–H groups in total. The molecule has 0 spiro atoms. The van der Waals surface area contributed by atoms with Gasteiger partial charge in [0.25, 0.3) is 0 Å². The summed E-state index contributed by atoms with van der Waals surface area (Å²) in [6.45, 7) is 2.05. The van der Waals surface area contributed by atoms with E-state index in [9.17, 15) is 9.18 Å². The van der Waals surface area contributed by atoms with Crippen LogP contribution < -0.4 is 11.1 Å². The van der Waals surface area contributed by atoms with Gasteiger partial charge in [0.15, 0.2) is 0 Å². The molecule has 0 aromatic rings. The van der Waals surface area contributed by atoms with Crippen LogP contribution in [0.1, 0.15) is 19.8 Å². The van der Waals surface area contributed by atoms with Crippen LogP contribution >= 0.6 is 0 Å². The van der Waals surface area contributed by atoms with Gasteiger partial charge in [0.05, 0.1) is 5.83 Å². The van der Waals surface area contributed by atoms with Crippen LogP contribution in [0.15, 0.2) is 11.9 Å². The van der Waals surface area contributed by atoms with Crippen molar-refractivity contribution in [3.8, 4) is 0 Å². The second-order valence-electron chi connectivity index (χ2n) is 3.74. The fourth-order valence-corrected chi connectivity index (χ4v) is 0.926. The summed E-state index contributed by atoms with van der Waals surface area (Å²) < 4.78 is 13.1. The van der Waals surface area contributed by atoms with Crippen LogP contribution in [-0.2, 0) is 4.79 Å². The molecule has 0 aliphatic heterocycles. The maximum atomic E-state index is 13.1. The Labute approximate surface area is 94.0 Å². The largest absolute Gasteiger partial charge is 0.480 e. The average molecular weight is 231 g/mol. The van der Waals surface area contributed by atoms with E-state index in [1.165, 1.54) is 19.2 Å². The summed E-state index contributed by atoms with van der Waals surface area (Å²) in [4.78, 5) is 10.6. The van der Waals surface area contributed by atoms with Crippen molar-refractivity contribution in [1.82, 2.24) is 5.32 Å². The molecular formula is C10H18FN3O2. The lowest BCUT2D eigenvalue weighted by Gasteiger charge is -2.17. The molecular weight excluding hydrogens is 213 g/mol. The summed E-state index contributed by atoms with van der Waals surface area (Å²) >= 11 is 0. The highest BCUT2D eigenvalue weighted by atomic mass is 19.1. The molecule has 5 nitrogen and oxygen atoms in total. The topological polar surface area (TPSA) is 99.2 Å². The molecule has 0 aromatic heterocycles.